The van der Waals surface area contributed by atoms with E-state index < -0.39 is 16.4 Å². The van der Waals surface area contributed by atoms with Crippen molar-refractivity contribution < 1.29 is 21.3 Å². The Kier molecular flexibility index (Phi) is 3.20. The maximum absolute atomic E-state index is 12.0. The highest BCUT2D eigenvalue weighted by molar-refractivity contribution is 7.81. The predicted octanol–water partition coefficient (Wildman–Crippen LogP) is 0.0343. The number of carbonyl (C=O) groups excluding carboxylic acids is 1. The zero-order valence-corrected chi connectivity index (χ0v) is 8.41. The molecule has 82 valence electrons. The summed E-state index contributed by atoms with van der Waals surface area (Å²) in [5.74, 6) is -0.741. The fourth-order valence-electron chi connectivity index (χ4n) is 0.807. The molecule has 0 aromatic carbocycles. The van der Waals surface area contributed by atoms with Gasteiger partial charge in [0, 0.05) is 7.05 Å². The molecule has 0 aliphatic carbocycles. The highest BCUT2D eigenvalue weighted by Gasteiger charge is 2.11. The van der Waals surface area contributed by atoms with Crippen LogP contribution in [0.5, 0.6) is 5.75 Å². The molecule has 0 unspecified atom stereocenters. The molecule has 0 saturated heterocycles. The highest BCUT2D eigenvalue weighted by Crippen LogP contribution is 2.12. The Labute approximate surface area is 85.5 Å². The highest BCUT2D eigenvalue weighted by atomic mass is 32.3. The third-order valence-corrected chi connectivity index (χ3v) is 1.78. The van der Waals surface area contributed by atoms with Crippen molar-refractivity contribution in [3.63, 3.8) is 0 Å². The van der Waals surface area contributed by atoms with Gasteiger partial charge in [-0.15, -0.1) is 0 Å². The Morgan fingerprint density at radius 3 is 2.60 bits per heavy atom. The number of hydrogen-bond donors (Lipinski definition) is 1. The second-order valence-corrected chi connectivity index (χ2v) is 3.39. The first-order chi connectivity index (χ1) is 6.92. The van der Waals surface area contributed by atoms with Crippen molar-refractivity contribution in [1.82, 2.24) is 10.3 Å². The zero-order chi connectivity index (χ0) is 11.5. The lowest BCUT2D eigenvalue weighted by atomic mass is 10.3. The molecular formula is C7H7FN2O4S. The van der Waals surface area contributed by atoms with E-state index in [2.05, 4.69) is 14.5 Å². The van der Waals surface area contributed by atoms with Crippen molar-refractivity contribution in [3.05, 3.63) is 24.0 Å². The summed E-state index contributed by atoms with van der Waals surface area (Å²) in [6, 6.07) is 2.33. The van der Waals surface area contributed by atoms with Gasteiger partial charge < -0.3 is 9.50 Å². The van der Waals surface area contributed by atoms with E-state index in [0.717, 1.165) is 12.3 Å². The van der Waals surface area contributed by atoms with Crippen molar-refractivity contribution in [1.29, 1.82) is 0 Å². The van der Waals surface area contributed by atoms with Gasteiger partial charge in [-0.05, 0) is 12.1 Å². The minimum Gasteiger partial charge on any atom is -0.357 e. The van der Waals surface area contributed by atoms with Crippen LogP contribution in [0.1, 0.15) is 10.5 Å². The SMILES string of the molecule is CNC(=O)c1ccc(OS(=O)(=O)F)cn1. The molecule has 0 aliphatic rings. The largest absolute Gasteiger partial charge is 0.488 e. The molecule has 0 spiro atoms. The zero-order valence-electron chi connectivity index (χ0n) is 7.60. The van der Waals surface area contributed by atoms with E-state index in [-0.39, 0.29) is 11.4 Å². The van der Waals surface area contributed by atoms with E-state index in [1.54, 1.807) is 0 Å². The molecule has 0 aliphatic heterocycles. The first kappa shape index (κ1) is 11.4. The third-order valence-electron chi connectivity index (χ3n) is 1.39. The number of carbonyl (C=O) groups is 1. The van der Waals surface area contributed by atoms with Crippen LogP contribution in [-0.2, 0) is 10.5 Å². The second kappa shape index (κ2) is 4.22. The van der Waals surface area contributed by atoms with Gasteiger partial charge in [-0.25, -0.2) is 4.98 Å². The number of rotatable bonds is 3. The van der Waals surface area contributed by atoms with Gasteiger partial charge in [-0.3, -0.25) is 4.79 Å². The van der Waals surface area contributed by atoms with Crippen LogP contribution in [-0.4, -0.2) is 26.4 Å². The van der Waals surface area contributed by atoms with Crippen LogP contribution in [0.25, 0.3) is 0 Å². The van der Waals surface area contributed by atoms with Crippen LogP contribution in [0.3, 0.4) is 0 Å². The number of pyridine rings is 1. The summed E-state index contributed by atoms with van der Waals surface area (Å²) in [5, 5.41) is 2.31. The second-order valence-electron chi connectivity index (χ2n) is 2.43. The van der Waals surface area contributed by atoms with Gasteiger partial charge in [0.05, 0.1) is 6.20 Å². The summed E-state index contributed by atoms with van der Waals surface area (Å²) in [7, 11) is -3.64. The summed E-state index contributed by atoms with van der Waals surface area (Å²) < 4.78 is 36.1. The summed E-state index contributed by atoms with van der Waals surface area (Å²) in [5.41, 5.74) is 0.0705. The van der Waals surface area contributed by atoms with E-state index in [1.807, 2.05) is 0 Å². The Hall–Kier alpha value is -1.70. The summed E-state index contributed by atoms with van der Waals surface area (Å²) in [6.07, 6.45) is 0.932. The van der Waals surface area contributed by atoms with E-state index in [9.17, 15) is 17.1 Å². The number of nitrogens with zero attached hydrogens (tertiary/aromatic N) is 1. The van der Waals surface area contributed by atoms with Gasteiger partial charge in [0.1, 0.15) is 5.69 Å². The van der Waals surface area contributed by atoms with Gasteiger partial charge in [0.2, 0.25) is 0 Å². The maximum Gasteiger partial charge on any atom is 0.488 e. The normalized spacial score (nSPS) is 10.8. The standard InChI is InChI=1S/C7H7FN2O4S/c1-9-7(11)6-3-2-5(4-10-6)14-15(8,12)13/h2-4H,1H3,(H,9,11). The van der Waals surface area contributed by atoms with E-state index in [4.69, 9.17) is 0 Å². The molecule has 0 saturated carbocycles. The molecule has 1 aromatic heterocycles. The van der Waals surface area contributed by atoms with Crippen LogP contribution < -0.4 is 9.50 Å². The number of halogens is 1. The molecule has 1 heterocycles. The summed E-state index contributed by atoms with van der Waals surface area (Å²) >= 11 is 0. The van der Waals surface area contributed by atoms with Crippen LogP contribution in [0.15, 0.2) is 18.3 Å². The Morgan fingerprint density at radius 1 is 1.53 bits per heavy atom. The van der Waals surface area contributed by atoms with Crippen LogP contribution in [0, 0.1) is 0 Å². The van der Waals surface area contributed by atoms with Crippen molar-refractivity contribution in [2.75, 3.05) is 7.05 Å². The molecule has 8 heteroatoms. The van der Waals surface area contributed by atoms with Gasteiger partial charge in [0.15, 0.2) is 5.75 Å². The minimum absolute atomic E-state index is 0.0705. The molecule has 6 nitrogen and oxygen atoms in total. The van der Waals surface area contributed by atoms with E-state index in [1.165, 1.54) is 13.1 Å². The van der Waals surface area contributed by atoms with Gasteiger partial charge >= 0.3 is 10.5 Å². The maximum atomic E-state index is 12.0. The van der Waals surface area contributed by atoms with Crippen molar-refractivity contribution in [2.45, 2.75) is 0 Å². The average molecular weight is 234 g/mol. The Morgan fingerprint density at radius 2 is 2.20 bits per heavy atom. The van der Waals surface area contributed by atoms with Crippen LogP contribution in [0.2, 0.25) is 0 Å². The lowest BCUT2D eigenvalue weighted by molar-refractivity contribution is 0.0958. The average Bonchev–Trinajstić information content (AvgIpc) is 2.15. The molecule has 0 atom stereocenters. The smallest absolute Gasteiger partial charge is 0.357 e. The topological polar surface area (TPSA) is 85.4 Å². The predicted molar refractivity (Wildman–Crippen MR) is 48.3 cm³/mol. The summed E-state index contributed by atoms with van der Waals surface area (Å²) in [6.45, 7) is 0. The fraction of sp³-hybridized carbons (Fsp3) is 0.143. The van der Waals surface area contributed by atoms with Crippen molar-refractivity contribution in [2.24, 2.45) is 0 Å². The Balaban J connectivity index is 2.86. The molecule has 0 radical (unpaired) electrons. The molecule has 1 aromatic rings. The molecule has 1 rings (SSSR count). The van der Waals surface area contributed by atoms with Crippen molar-refractivity contribution >= 4 is 16.4 Å². The quantitative estimate of drug-likeness (QED) is 0.746. The van der Waals surface area contributed by atoms with Crippen LogP contribution in [0.4, 0.5) is 3.89 Å². The molecule has 1 amide bonds. The monoisotopic (exact) mass is 234 g/mol. The molecule has 15 heavy (non-hydrogen) atoms. The van der Waals surface area contributed by atoms with Crippen LogP contribution >= 0.6 is 0 Å². The van der Waals surface area contributed by atoms with E-state index >= 15 is 0 Å². The molecular weight excluding hydrogens is 227 g/mol. The number of amides is 1. The molecule has 1 N–H and O–H groups in total. The number of hydrogen-bond acceptors (Lipinski definition) is 5. The first-order valence-electron chi connectivity index (χ1n) is 3.74. The summed E-state index contributed by atoms with van der Waals surface area (Å²) in [4.78, 5) is 14.6. The minimum atomic E-state index is -5.06. The number of aromatic nitrogens is 1. The number of nitrogens with one attached hydrogen (secondary N) is 1. The fourth-order valence-corrected chi connectivity index (χ4v) is 1.14. The lowest BCUT2D eigenvalue weighted by Crippen LogP contribution is -2.19. The van der Waals surface area contributed by atoms with Gasteiger partial charge in [-0.2, -0.15) is 8.42 Å². The Bertz CT molecular complexity index is 456. The van der Waals surface area contributed by atoms with E-state index in [0.29, 0.717) is 0 Å². The van der Waals surface area contributed by atoms with Gasteiger partial charge in [0.25, 0.3) is 5.91 Å². The first-order valence-corrected chi connectivity index (χ1v) is 5.05. The third kappa shape index (κ3) is 3.50. The molecule has 0 bridgehead atoms. The lowest BCUT2D eigenvalue weighted by Gasteiger charge is -2.00. The van der Waals surface area contributed by atoms with Gasteiger partial charge in [-0.1, -0.05) is 3.89 Å². The molecule has 0 fully saturated rings. The van der Waals surface area contributed by atoms with Crippen molar-refractivity contribution in [3.8, 4) is 5.75 Å².